The summed E-state index contributed by atoms with van der Waals surface area (Å²) >= 11 is 1.58. The molecule has 0 bridgehead atoms. The van der Waals surface area contributed by atoms with Gasteiger partial charge in [-0.15, -0.1) is 11.3 Å². The Morgan fingerprint density at radius 1 is 0.842 bits per heavy atom. The Morgan fingerprint density at radius 3 is 2.00 bits per heavy atom. The van der Waals surface area contributed by atoms with E-state index in [1.165, 1.54) is 16.7 Å². The molecule has 6 rings (SSSR count). The second kappa shape index (κ2) is 10.7. The number of benzene rings is 3. The number of hydrogen-bond donors (Lipinski definition) is 0. The van der Waals surface area contributed by atoms with Gasteiger partial charge in [-0.05, 0) is 28.8 Å². The number of carbonyl (C=O) groups is 1. The Morgan fingerprint density at radius 2 is 1.45 bits per heavy atom. The third-order valence-corrected chi connectivity index (χ3v) is 7.80. The molecular formula is C32H28N4OS. The second-order valence-electron chi connectivity index (χ2n) is 9.49. The molecular weight excluding hydrogens is 488 g/mol. The van der Waals surface area contributed by atoms with Crippen LogP contribution in [0.15, 0.2) is 120 Å². The molecule has 38 heavy (non-hydrogen) atoms. The largest absolute Gasteiger partial charge is 0.294 e. The molecule has 1 aliphatic rings. The van der Waals surface area contributed by atoms with Crippen LogP contribution in [-0.2, 0) is 16.9 Å². The maximum absolute atomic E-state index is 13.2. The SMILES string of the molecule is O=C1CCN(C(c2ccccc2)(c2ccccc2)c2ccccc2)C/C1=C/c1ccn(Cc2cscn2)n1. The molecule has 0 N–H and O–H groups in total. The summed E-state index contributed by atoms with van der Waals surface area (Å²) in [6, 6.07) is 33.9. The highest BCUT2D eigenvalue weighted by molar-refractivity contribution is 7.07. The van der Waals surface area contributed by atoms with Crippen molar-refractivity contribution in [3.8, 4) is 0 Å². The van der Waals surface area contributed by atoms with Crippen molar-refractivity contribution in [1.29, 1.82) is 0 Å². The van der Waals surface area contributed by atoms with Crippen molar-refractivity contribution in [3.63, 3.8) is 0 Å². The van der Waals surface area contributed by atoms with Gasteiger partial charge in [0, 0.05) is 36.7 Å². The Kier molecular flexibility index (Phi) is 6.82. The monoisotopic (exact) mass is 516 g/mol. The normalized spacial score (nSPS) is 15.7. The predicted molar refractivity (Wildman–Crippen MR) is 152 cm³/mol. The van der Waals surface area contributed by atoms with E-state index >= 15 is 0 Å². The van der Waals surface area contributed by atoms with E-state index < -0.39 is 5.54 Å². The number of piperidine rings is 1. The number of aromatic nitrogens is 3. The molecule has 0 atom stereocenters. The van der Waals surface area contributed by atoms with Crippen LogP contribution in [0, 0.1) is 0 Å². The molecule has 1 fully saturated rings. The fourth-order valence-electron chi connectivity index (χ4n) is 5.47. The number of likely N-dealkylation sites (tertiary alicyclic amines) is 1. The predicted octanol–water partition coefficient (Wildman–Crippen LogP) is 6.04. The fourth-order valence-corrected chi connectivity index (χ4v) is 6.02. The molecule has 188 valence electrons. The van der Waals surface area contributed by atoms with Gasteiger partial charge in [-0.2, -0.15) is 5.10 Å². The second-order valence-corrected chi connectivity index (χ2v) is 10.2. The smallest absolute Gasteiger partial charge is 0.161 e. The Balaban J connectivity index is 1.42. The molecule has 0 aliphatic carbocycles. The van der Waals surface area contributed by atoms with Gasteiger partial charge in [0.1, 0.15) is 0 Å². The van der Waals surface area contributed by atoms with Crippen LogP contribution in [0.4, 0.5) is 0 Å². The zero-order valence-corrected chi connectivity index (χ0v) is 21.8. The molecule has 5 nitrogen and oxygen atoms in total. The van der Waals surface area contributed by atoms with Crippen molar-refractivity contribution >= 4 is 23.2 Å². The van der Waals surface area contributed by atoms with E-state index in [1.807, 2.05) is 33.9 Å². The molecule has 3 aromatic carbocycles. The highest BCUT2D eigenvalue weighted by atomic mass is 32.1. The van der Waals surface area contributed by atoms with Crippen molar-refractivity contribution in [2.24, 2.45) is 0 Å². The summed E-state index contributed by atoms with van der Waals surface area (Å²) in [5.74, 6) is 0.179. The number of nitrogens with zero attached hydrogens (tertiary/aromatic N) is 4. The fraction of sp³-hybridized carbons (Fsp3) is 0.156. The molecule has 0 spiro atoms. The van der Waals surface area contributed by atoms with Gasteiger partial charge < -0.3 is 0 Å². The van der Waals surface area contributed by atoms with Gasteiger partial charge in [0.2, 0.25) is 0 Å². The number of carbonyl (C=O) groups excluding carboxylic acids is 1. The topological polar surface area (TPSA) is 51.0 Å². The lowest BCUT2D eigenvalue weighted by Gasteiger charge is -2.47. The summed E-state index contributed by atoms with van der Waals surface area (Å²) in [7, 11) is 0. The molecule has 6 heteroatoms. The van der Waals surface area contributed by atoms with E-state index in [1.54, 1.807) is 11.3 Å². The van der Waals surface area contributed by atoms with Crippen LogP contribution < -0.4 is 0 Å². The lowest BCUT2D eigenvalue weighted by atomic mass is 9.74. The van der Waals surface area contributed by atoms with Crippen molar-refractivity contribution in [3.05, 3.63) is 148 Å². The van der Waals surface area contributed by atoms with Crippen LogP contribution in [0.1, 0.15) is 34.5 Å². The lowest BCUT2D eigenvalue weighted by molar-refractivity contribution is -0.117. The summed E-state index contributed by atoms with van der Waals surface area (Å²) < 4.78 is 1.87. The maximum Gasteiger partial charge on any atom is 0.161 e. The van der Waals surface area contributed by atoms with Gasteiger partial charge in [0.05, 0.1) is 29.0 Å². The van der Waals surface area contributed by atoms with Crippen molar-refractivity contribution in [2.75, 3.05) is 13.1 Å². The molecule has 2 aromatic heterocycles. The van der Waals surface area contributed by atoms with Crippen LogP contribution in [0.3, 0.4) is 0 Å². The summed E-state index contributed by atoms with van der Waals surface area (Å²) in [5.41, 5.74) is 7.37. The first-order chi connectivity index (χ1) is 18.7. The van der Waals surface area contributed by atoms with E-state index in [2.05, 4.69) is 101 Å². The van der Waals surface area contributed by atoms with Crippen LogP contribution in [0.25, 0.3) is 6.08 Å². The summed E-state index contributed by atoms with van der Waals surface area (Å²) in [5, 5.41) is 6.74. The Hall–Kier alpha value is -4.13. The molecule has 0 amide bonds. The maximum atomic E-state index is 13.2. The number of ketones is 1. The molecule has 0 saturated carbocycles. The number of thiazole rings is 1. The number of hydrogen-bond acceptors (Lipinski definition) is 5. The van der Waals surface area contributed by atoms with Crippen LogP contribution in [0.5, 0.6) is 0 Å². The van der Waals surface area contributed by atoms with E-state index in [9.17, 15) is 4.79 Å². The highest BCUT2D eigenvalue weighted by Crippen LogP contribution is 2.43. The van der Waals surface area contributed by atoms with Gasteiger partial charge in [0.25, 0.3) is 0 Å². The minimum atomic E-state index is -0.548. The quantitative estimate of drug-likeness (QED) is 0.196. The van der Waals surface area contributed by atoms with Gasteiger partial charge in [-0.3, -0.25) is 14.4 Å². The highest BCUT2D eigenvalue weighted by Gasteiger charge is 2.44. The Bertz CT molecular complexity index is 1430. The molecule has 5 aromatic rings. The average molecular weight is 517 g/mol. The first-order valence-corrected chi connectivity index (χ1v) is 13.7. The van der Waals surface area contributed by atoms with Gasteiger partial charge in [-0.25, -0.2) is 4.98 Å². The van der Waals surface area contributed by atoms with E-state index in [0.717, 1.165) is 17.0 Å². The van der Waals surface area contributed by atoms with Gasteiger partial charge in [-0.1, -0.05) is 91.0 Å². The third kappa shape index (κ3) is 4.64. The summed E-state index contributed by atoms with van der Waals surface area (Å²) in [6.07, 6.45) is 4.36. The van der Waals surface area contributed by atoms with Crippen LogP contribution in [0.2, 0.25) is 0 Å². The molecule has 0 radical (unpaired) electrons. The first-order valence-electron chi connectivity index (χ1n) is 12.8. The molecule has 0 unspecified atom stereocenters. The van der Waals surface area contributed by atoms with Crippen molar-refractivity contribution in [2.45, 2.75) is 18.5 Å². The lowest BCUT2D eigenvalue weighted by Crippen LogP contribution is -2.52. The zero-order valence-electron chi connectivity index (χ0n) is 21.0. The Labute approximate surface area is 226 Å². The first kappa shape index (κ1) is 24.2. The minimum Gasteiger partial charge on any atom is -0.294 e. The number of rotatable bonds is 7. The third-order valence-electron chi connectivity index (χ3n) is 7.17. The van der Waals surface area contributed by atoms with E-state index in [-0.39, 0.29) is 5.78 Å². The number of Topliss-reactive ketones (excluding diaryl/α,β-unsaturated/α-hetero) is 1. The standard InChI is InChI=1S/C32H28N4OS/c37-31-17-18-35(21-25(31)20-29-16-19-36(34-29)22-30-23-38-24-33-30)32(26-10-4-1-5-11-26,27-12-6-2-7-13-27)28-14-8-3-9-15-28/h1-16,19-20,23-24H,17-18,21-22H2/b25-20-. The zero-order chi connectivity index (χ0) is 25.8. The molecule has 3 heterocycles. The van der Waals surface area contributed by atoms with Crippen molar-refractivity contribution in [1.82, 2.24) is 19.7 Å². The minimum absolute atomic E-state index is 0.179. The van der Waals surface area contributed by atoms with Crippen LogP contribution in [-0.4, -0.2) is 38.5 Å². The summed E-state index contributed by atoms with van der Waals surface area (Å²) in [6.45, 7) is 1.80. The molecule has 1 saturated heterocycles. The molecule has 1 aliphatic heterocycles. The van der Waals surface area contributed by atoms with E-state index in [4.69, 9.17) is 5.10 Å². The van der Waals surface area contributed by atoms with Gasteiger partial charge >= 0.3 is 0 Å². The van der Waals surface area contributed by atoms with E-state index in [0.29, 0.717) is 26.1 Å². The average Bonchev–Trinajstić information content (AvgIpc) is 3.65. The van der Waals surface area contributed by atoms with Crippen LogP contribution >= 0.6 is 11.3 Å². The summed E-state index contributed by atoms with van der Waals surface area (Å²) in [4.78, 5) is 20.0. The van der Waals surface area contributed by atoms with Gasteiger partial charge in [0.15, 0.2) is 5.78 Å². The van der Waals surface area contributed by atoms with Crippen molar-refractivity contribution < 1.29 is 4.79 Å².